The van der Waals surface area contributed by atoms with Crippen LogP contribution in [0, 0.1) is 5.41 Å². The van der Waals surface area contributed by atoms with E-state index in [1.165, 1.54) is 17.0 Å². The number of benzene rings is 1. The molecule has 2 heterocycles. The van der Waals surface area contributed by atoms with Gasteiger partial charge in [-0.1, -0.05) is 26.3 Å². The van der Waals surface area contributed by atoms with Crippen molar-refractivity contribution in [1.29, 1.82) is 0 Å². The number of rotatable bonds is 8. The van der Waals surface area contributed by atoms with Crippen LogP contribution in [0.4, 0.5) is 11.4 Å². The maximum atomic E-state index is 14.0. The van der Waals surface area contributed by atoms with Gasteiger partial charge in [0.25, 0.3) is 5.56 Å². The number of hydrogen-bond acceptors (Lipinski definition) is 9. The minimum Gasteiger partial charge on any atom is -0.505 e. The van der Waals surface area contributed by atoms with E-state index in [0.717, 1.165) is 5.57 Å². The van der Waals surface area contributed by atoms with Crippen molar-refractivity contribution >= 4 is 46.9 Å². The average molecular weight is 554 g/mol. The van der Waals surface area contributed by atoms with Crippen LogP contribution in [0.3, 0.4) is 0 Å². The first kappa shape index (κ1) is 28.9. The van der Waals surface area contributed by atoms with Gasteiger partial charge in [0.15, 0.2) is 11.6 Å². The van der Waals surface area contributed by atoms with Crippen LogP contribution >= 0.6 is 18.3 Å². The summed E-state index contributed by atoms with van der Waals surface area (Å²) in [7, 11) is -7.00. The smallest absolute Gasteiger partial charge is 0.348 e. The van der Waals surface area contributed by atoms with Crippen LogP contribution in [0.25, 0.3) is 6.08 Å². The van der Waals surface area contributed by atoms with Crippen molar-refractivity contribution in [2.45, 2.75) is 54.5 Å². The highest BCUT2D eigenvalue weighted by atomic mass is 32.3. The summed E-state index contributed by atoms with van der Waals surface area (Å²) in [5.74, 6) is -0.475. The second-order valence-corrected chi connectivity index (χ2v) is 14.2. The summed E-state index contributed by atoms with van der Waals surface area (Å²) in [5, 5.41) is 18.7. The van der Waals surface area contributed by atoms with Gasteiger partial charge in [-0.05, 0) is 56.9 Å². The van der Waals surface area contributed by atoms with Gasteiger partial charge in [0.2, 0.25) is 0 Å². The number of aromatic hydroxyl groups is 1. The molecule has 11 nitrogen and oxygen atoms in total. The number of anilines is 2. The maximum absolute atomic E-state index is 14.0. The molecule has 0 fully saturated rings. The van der Waals surface area contributed by atoms with Crippen LogP contribution in [0.15, 0.2) is 33.3 Å². The molecule has 0 spiro atoms. The molecule has 0 saturated heterocycles. The molecule has 2 aromatic rings. The maximum Gasteiger partial charge on any atom is 0.348 e. The fourth-order valence-corrected chi connectivity index (χ4v) is 6.02. The Hall–Kier alpha value is -2.63. The van der Waals surface area contributed by atoms with Gasteiger partial charge in [-0.2, -0.15) is 9.86 Å². The zero-order valence-corrected chi connectivity index (χ0v) is 23.9. The Morgan fingerprint density at radius 1 is 1.30 bits per heavy atom. The SMILES string of the molecule is CCOP1(=O)N=C(c2c(O)c(C=C(C)C)nn(CCC(C)(C)C)c2=O)Nc2ccc(NS(C)(O)O)cc21. The van der Waals surface area contributed by atoms with Crippen molar-refractivity contribution in [3.8, 4) is 5.75 Å². The minimum atomic E-state index is -3.92. The van der Waals surface area contributed by atoms with Gasteiger partial charge >= 0.3 is 7.52 Å². The molecule has 0 radical (unpaired) electrons. The molecule has 204 valence electrons. The van der Waals surface area contributed by atoms with E-state index >= 15 is 0 Å². The molecule has 0 aliphatic carbocycles. The first-order chi connectivity index (χ1) is 17.0. The van der Waals surface area contributed by atoms with E-state index in [0.29, 0.717) is 24.3 Å². The molecular formula is C24H36N5O6PS. The van der Waals surface area contributed by atoms with Gasteiger partial charge in [0.1, 0.15) is 11.3 Å². The fraction of sp³-hybridized carbons (Fsp3) is 0.458. The monoisotopic (exact) mass is 553 g/mol. The molecular weight excluding hydrogens is 517 g/mol. The third-order valence-corrected chi connectivity index (χ3v) is 7.97. The molecule has 1 aromatic heterocycles. The lowest BCUT2D eigenvalue weighted by atomic mass is 9.92. The van der Waals surface area contributed by atoms with Crippen LogP contribution in [-0.4, -0.2) is 42.7 Å². The molecule has 1 aliphatic rings. The highest BCUT2D eigenvalue weighted by Crippen LogP contribution is 2.52. The summed E-state index contributed by atoms with van der Waals surface area (Å²) >= 11 is 0. The number of hydrogen-bond donors (Lipinski definition) is 5. The first-order valence-corrected chi connectivity index (χ1v) is 15.3. The van der Waals surface area contributed by atoms with Gasteiger partial charge in [-0.25, -0.2) is 4.68 Å². The zero-order chi connectivity index (χ0) is 27.8. The zero-order valence-electron chi connectivity index (χ0n) is 22.2. The quantitative estimate of drug-likeness (QED) is 0.276. The van der Waals surface area contributed by atoms with E-state index in [2.05, 4.69) is 40.7 Å². The standard InChI is InChI=1S/C24H36N5O6PS/c1-8-35-36(32)19-14-16(28-37(7,33)34)9-10-17(19)25-22(27-36)20-21(30)18(13-15(2)3)26-29(23(20)31)12-11-24(4,5)6/h9-10,13-14,28,30,33-34H,8,11-12H2,1-7H3,(H,25,27,32). The van der Waals surface area contributed by atoms with E-state index < -0.39 is 23.9 Å². The van der Waals surface area contributed by atoms with Crippen molar-refractivity contribution in [2.24, 2.45) is 10.2 Å². The van der Waals surface area contributed by atoms with Gasteiger partial charge in [0, 0.05) is 12.8 Å². The highest BCUT2D eigenvalue weighted by Gasteiger charge is 2.36. The summed E-state index contributed by atoms with van der Waals surface area (Å²) < 4.78 is 47.3. The van der Waals surface area contributed by atoms with E-state index in [9.17, 15) is 23.6 Å². The Bertz CT molecular complexity index is 1350. The summed E-state index contributed by atoms with van der Waals surface area (Å²) in [6, 6.07) is 4.58. The number of allylic oxidation sites excluding steroid dienone is 1. The Morgan fingerprint density at radius 3 is 2.54 bits per heavy atom. The molecule has 1 aliphatic heterocycles. The van der Waals surface area contributed by atoms with Gasteiger partial charge in [0.05, 0.1) is 23.3 Å². The van der Waals surface area contributed by atoms with Crippen molar-refractivity contribution in [3.63, 3.8) is 0 Å². The third kappa shape index (κ3) is 7.03. The number of fused-ring (bicyclic) bond motifs is 1. The van der Waals surface area contributed by atoms with Crippen molar-refractivity contribution < 1.29 is 23.3 Å². The van der Waals surface area contributed by atoms with E-state index in [1.807, 2.05) is 13.8 Å². The summed E-state index contributed by atoms with van der Waals surface area (Å²) in [6.45, 7) is 11.9. The van der Waals surface area contributed by atoms with Crippen LogP contribution in [0.1, 0.15) is 59.2 Å². The lowest BCUT2D eigenvalue weighted by molar-refractivity contribution is 0.334. The topological polar surface area (TPSA) is 158 Å². The summed E-state index contributed by atoms with van der Waals surface area (Å²) in [5.41, 5.74) is 0.908. The fourth-order valence-electron chi connectivity index (χ4n) is 3.64. The van der Waals surface area contributed by atoms with Gasteiger partial charge in [-0.3, -0.25) is 23.2 Å². The van der Waals surface area contributed by atoms with E-state index in [1.54, 1.807) is 25.1 Å². The Labute approximate surface area is 218 Å². The van der Waals surface area contributed by atoms with E-state index in [-0.39, 0.29) is 40.2 Å². The number of nitrogens with one attached hydrogen (secondary N) is 2. The second kappa shape index (κ2) is 10.6. The number of nitrogens with zero attached hydrogens (tertiary/aromatic N) is 3. The lowest BCUT2D eigenvalue weighted by Crippen LogP contribution is -2.35. The van der Waals surface area contributed by atoms with Crippen LogP contribution in [0.5, 0.6) is 5.75 Å². The Kier molecular flexibility index (Phi) is 8.31. The molecule has 0 amide bonds. The molecule has 1 aromatic carbocycles. The van der Waals surface area contributed by atoms with Crippen LogP contribution in [-0.2, 0) is 15.6 Å². The predicted molar refractivity (Wildman–Crippen MR) is 151 cm³/mol. The summed E-state index contributed by atoms with van der Waals surface area (Å²) in [4.78, 5) is 13.5. The molecule has 13 heteroatoms. The molecule has 3 rings (SSSR count). The van der Waals surface area contributed by atoms with Gasteiger partial charge in [-0.15, -0.1) is 10.8 Å². The molecule has 0 saturated carbocycles. The number of aryl methyl sites for hydroxylation is 1. The highest BCUT2D eigenvalue weighted by molar-refractivity contribution is 8.24. The minimum absolute atomic E-state index is 0.0628. The molecule has 1 atom stereocenters. The molecule has 0 bridgehead atoms. The first-order valence-electron chi connectivity index (χ1n) is 11.8. The third-order valence-electron chi connectivity index (χ3n) is 5.29. The van der Waals surface area contributed by atoms with Crippen molar-refractivity contribution in [1.82, 2.24) is 9.78 Å². The number of amidine groups is 1. The lowest BCUT2D eigenvalue weighted by Gasteiger charge is -2.30. The summed E-state index contributed by atoms with van der Waals surface area (Å²) in [6.07, 6.45) is 3.54. The van der Waals surface area contributed by atoms with E-state index in [4.69, 9.17) is 4.52 Å². The van der Waals surface area contributed by atoms with Crippen LogP contribution in [0.2, 0.25) is 0 Å². The molecule has 37 heavy (non-hydrogen) atoms. The Morgan fingerprint density at radius 2 is 1.97 bits per heavy atom. The van der Waals surface area contributed by atoms with Crippen molar-refractivity contribution in [2.75, 3.05) is 22.9 Å². The second-order valence-electron chi connectivity index (χ2n) is 10.3. The van der Waals surface area contributed by atoms with Gasteiger partial charge < -0.3 is 14.9 Å². The van der Waals surface area contributed by atoms with Crippen molar-refractivity contribution in [3.05, 3.63) is 45.4 Å². The molecule has 5 N–H and O–H groups in total. The predicted octanol–water partition coefficient (Wildman–Crippen LogP) is 5.24. The normalized spacial score (nSPS) is 17.9. The average Bonchev–Trinajstić information content (AvgIpc) is 2.73. The largest absolute Gasteiger partial charge is 0.505 e. The Balaban J connectivity index is 2.22. The van der Waals surface area contributed by atoms with Crippen LogP contribution < -0.4 is 20.9 Å². The number of aromatic nitrogens is 2. The molecule has 1 unspecified atom stereocenters.